The summed E-state index contributed by atoms with van der Waals surface area (Å²) >= 11 is 0. The van der Waals surface area contributed by atoms with Gasteiger partial charge in [-0.05, 0) is 48.3 Å². The monoisotopic (exact) mass is 351 g/mol. The highest BCUT2D eigenvalue weighted by atomic mass is 16.5. The van der Waals surface area contributed by atoms with Crippen LogP contribution in [0, 0.1) is 5.92 Å². The molecule has 26 heavy (non-hydrogen) atoms. The van der Waals surface area contributed by atoms with Crippen LogP contribution in [0.3, 0.4) is 0 Å². The lowest BCUT2D eigenvalue weighted by molar-refractivity contribution is -0.134. The molecule has 1 heterocycles. The Kier molecular flexibility index (Phi) is 6.32. The van der Waals surface area contributed by atoms with Crippen molar-refractivity contribution in [1.29, 1.82) is 0 Å². The summed E-state index contributed by atoms with van der Waals surface area (Å²) in [6, 6.07) is 18.6. The van der Waals surface area contributed by atoms with Gasteiger partial charge in [-0.15, -0.1) is 0 Å². The first-order chi connectivity index (χ1) is 12.6. The molecule has 0 saturated carbocycles. The molecular formula is C23H29NO2. The van der Waals surface area contributed by atoms with E-state index in [1.54, 1.807) is 0 Å². The topological polar surface area (TPSA) is 29.5 Å². The Morgan fingerprint density at radius 2 is 1.69 bits per heavy atom. The van der Waals surface area contributed by atoms with Crippen LogP contribution >= 0.6 is 0 Å². The molecule has 2 aromatic rings. The number of nitrogens with zero attached hydrogens (tertiary/aromatic N) is 1. The van der Waals surface area contributed by atoms with Gasteiger partial charge in [0.2, 0.25) is 0 Å². The molecule has 0 spiro atoms. The zero-order valence-corrected chi connectivity index (χ0v) is 15.9. The number of hydrogen-bond donors (Lipinski definition) is 0. The molecule has 1 saturated heterocycles. The van der Waals surface area contributed by atoms with Crippen molar-refractivity contribution in [3.05, 3.63) is 65.7 Å². The summed E-state index contributed by atoms with van der Waals surface area (Å²) in [5.41, 5.74) is 2.55. The lowest BCUT2D eigenvalue weighted by atomic mass is 9.90. The molecule has 1 amide bonds. The molecule has 3 heteroatoms. The molecule has 0 unspecified atom stereocenters. The summed E-state index contributed by atoms with van der Waals surface area (Å²) in [4.78, 5) is 14.5. The Morgan fingerprint density at radius 1 is 1.04 bits per heavy atom. The van der Waals surface area contributed by atoms with Gasteiger partial charge in [0, 0.05) is 13.1 Å². The third-order valence-electron chi connectivity index (χ3n) is 5.23. The van der Waals surface area contributed by atoms with E-state index in [-0.39, 0.29) is 12.5 Å². The summed E-state index contributed by atoms with van der Waals surface area (Å²) in [5.74, 6) is 1.98. The largest absolute Gasteiger partial charge is 0.483 e. The predicted octanol–water partition coefficient (Wildman–Crippen LogP) is 4.67. The molecule has 0 aromatic heterocycles. The van der Waals surface area contributed by atoms with Crippen molar-refractivity contribution in [3.63, 3.8) is 0 Å². The first-order valence-corrected chi connectivity index (χ1v) is 9.67. The molecule has 1 aliphatic heterocycles. The lowest BCUT2D eigenvalue weighted by Gasteiger charge is -2.32. The Labute approximate surface area is 157 Å². The van der Waals surface area contributed by atoms with Crippen molar-refractivity contribution in [2.24, 2.45) is 5.92 Å². The minimum Gasteiger partial charge on any atom is -0.483 e. The zero-order chi connectivity index (χ0) is 18.4. The van der Waals surface area contributed by atoms with E-state index in [1.807, 2.05) is 23.1 Å². The van der Waals surface area contributed by atoms with E-state index in [2.05, 4.69) is 50.2 Å². The quantitative estimate of drug-likeness (QED) is 0.757. The fourth-order valence-corrected chi connectivity index (χ4v) is 3.65. The Morgan fingerprint density at radius 3 is 2.38 bits per heavy atom. The molecule has 0 bridgehead atoms. The maximum Gasteiger partial charge on any atom is 0.260 e. The van der Waals surface area contributed by atoms with Crippen LogP contribution in [0.4, 0.5) is 0 Å². The summed E-state index contributed by atoms with van der Waals surface area (Å²) in [7, 11) is 0. The van der Waals surface area contributed by atoms with Gasteiger partial charge in [-0.25, -0.2) is 0 Å². The molecule has 3 rings (SSSR count). The molecule has 0 atom stereocenters. The van der Waals surface area contributed by atoms with Crippen molar-refractivity contribution in [1.82, 2.24) is 4.90 Å². The highest BCUT2D eigenvalue weighted by Crippen LogP contribution is 2.26. The van der Waals surface area contributed by atoms with Crippen LogP contribution in [0.5, 0.6) is 5.75 Å². The molecule has 0 aliphatic carbocycles. The second-order valence-electron chi connectivity index (χ2n) is 7.50. The third-order valence-corrected chi connectivity index (χ3v) is 5.23. The number of benzene rings is 2. The smallest absolute Gasteiger partial charge is 0.260 e. The van der Waals surface area contributed by atoms with Crippen molar-refractivity contribution in [2.75, 3.05) is 19.7 Å². The molecule has 1 fully saturated rings. The Bertz CT molecular complexity index is 703. The summed E-state index contributed by atoms with van der Waals surface area (Å²) in [5, 5.41) is 0. The van der Waals surface area contributed by atoms with Gasteiger partial charge in [-0.1, -0.05) is 62.4 Å². The van der Waals surface area contributed by atoms with E-state index >= 15 is 0 Å². The van der Waals surface area contributed by atoms with E-state index in [4.69, 9.17) is 4.74 Å². The molecule has 138 valence electrons. The van der Waals surface area contributed by atoms with Crippen LogP contribution in [-0.4, -0.2) is 30.5 Å². The maximum absolute atomic E-state index is 12.5. The van der Waals surface area contributed by atoms with Gasteiger partial charge < -0.3 is 9.64 Å². The predicted molar refractivity (Wildman–Crippen MR) is 105 cm³/mol. The van der Waals surface area contributed by atoms with Crippen molar-refractivity contribution < 1.29 is 9.53 Å². The SMILES string of the molecule is CC(C)c1ccccc1OCC(=O)N1CCC(Cc2ccccc2)CC1. The minimum absolute atomic E-state index is 0.0988. The Hall–Kier alpha value is -2.29. The van der Waals surface area contributed by atoms with E-state index < -0.39 is 0 Å². The molecule has 2 aromatic carbocycles. The normalized spacial score (nSPS) is 15.3. The molecule has 3 nitrogen and oxygen atoms in total. The van der Waals surface area contributed by atoms with Gasteiger partial charge in [0.1, 0.15) is 5.75 Å². The van der Waals surface area contributed by atoms with E-state index in [9.17, 15) is 4.79 Å². The molecular weight excluding hydrogens is 322 g/mol. The standard InChI is InChI=1S/C23H29NO2/c1-18(2)21-10-6-7-11-22(21)26-17-23(25)24-14-12-20(13-15-24)16-19-8-4-3-5-9-19/h3-11,18,20H,12-17H2,1-2H3. The first kappa shape index (κ1) is 18.5. The van der Waals surface area contributed by atoms with Crippen molar-refractivity contribution >= 4 is 5.91 Å². The number of amides is 1. The average molecular weight is 351 g/mol. The second kappa shape index (κ2) is 8.88. The van der Waals surface area contributed by atoms with Gasteiger partial charge in [-0.3, -0.25) is 4.79 Å². The minimum atomic E-state index is 0.0988. The van der Waals surface area contributed by atoms with Crippen LogP contribution in [0.15, 0.2) is 54.6 Å². The van der Waals surface area contributed by atoms with Gasteiger partial charge in [-0.2, -0.15) is 0 Å². The number of carbonyl (C=O) groups excluding carboxylic acids is 1. The van der Waals surface area contributed by atoms with Crippen LogP contribution in [0.2, 0.25) is 0 Å². The van der Waals surface area contributed by atoms with Crippen LogP contribution in [-0.2, 0) is 11.2 Å². The number of piperidine rings is 1. The van der Waals surface area contributed by atoms with Gasteiger partial charge in [0.25, 0.3) is 5.91 Å². The van der Waals surface area contributed by atoms with Crippen LogP contribution in [0.25, 0.3) is 0 Å². The van der Waals surface area contributed by atoms with E-state index in [0.29, 0.717) is 11.8 Å². The van der Waals surface area contributed by atoms with Crippen LogP contribution < -0.4 is 4.74 Å². The van der Waals surface area contributed by atoms with Crippen molar-refractivity contribution in [2.45, 2.75) is 39.0 Å². The number of rotatable bonds is 6. The van der Waals surface area contributed by atoms with Crippen molar-refractivity contribution in [3.8, 4) is 5.75 Å². The van der Waals surface area contributed by atoms with Gasteiger partial charge in [0.15, 0.2) is 6.61 Å². The average Bonchev–Trinajstić information content (AvgIpc) is 2.67. The van der Waals surface area contributed by atoms with Gasteiger partial charge >= 0.3 is 0 Å². The number of likely N-dealkylation sites (tertiary alicyclic amines) is 1. The maximum atomic E-state index is 12.5. The van der Waals surface area contributed by atoms with Crippen LogP contribution in [0.1, 0.15) is 43.7 Å². The fraction of sp³-hybridized carbons (Fsp3) is 0.435. The summed E-state index contributed by atoms with van der Waals surface area (Å²) in [6.07, 6.45) is 3.26. The number of para-hydroxylation sites is 1. The number of carbonyl (C=O) groups is 1. The number of hydrogen-bond acceptors (Lipinski definition) is 2. The zero-order valence-electron chi connectivity index (χ0n) is 15.9. The van der Waals surface area contributed by atoms with Gasteiger partial charge in [0.05, 0.1) is 0 Å². The molecule has 0 radical (unpaired) electrons. The first-order valence-electron chi connectivity index (χ1n) is 9.67. The van der Waals surface area contributed by atoms with E-state index in [0.717, 1.165) is 43.7 Å². The summed E-state index contributed by atoms with van der Waals surface area (Å²) < 4.78 is 5.84. The summed E-state index contributed by atoms with van der Waals surface area (Å²) in [6.45, 7) is 6.09. The molecule has 0 N–H and O–H groups in total. The highest BCUT2D eigenvalue weighted by molar-refractivity contribution is 5.77. The molecule has 1 aliphatic rings. The second-order valence-corrected chi connectivity index (χ2v) is 7.50. The highest BCUT2D eigenvalue weighted by Gasteiger charge is 2.23. The lowest BCUT2D eigenvalue weighted by Crippen LogP contribution is -2.41. The number of ether oxygens (including phenoxy) is 1. The fourth-order valence-electron chi connectivity index (χ4n) is 3.65. The Balaban J connectivity index is 1.47. The van der Waals surface area contributed by atoms with E-state index in [1.165, 1.54) is 5.56 Å². The third kappa shape index (κ3) is 4.87.